The molecule has 1 aromatic heterocycles. The molecule has 2 saturated heterocycles. The van der Waals surface area contributed by atoms with E-state index in [-0.39, 0.29) is 12.1 Å². The van der Waals surface area contributed by atoms with E-state index in [2.05, 4.69) is 15.4 Å². The topological polar surface area (TPSA) is 68.3 Å². The molecule has 3 rings (SSSR count). The summed E-state index contributed by atoms with van der Waals surface area (Å²) in [6, 6.07) is 0.777. The normalized spacial score (nSPS) is 29.4. The van der Waals surface area contributed by atoms with Gasteiger partial charge in [-0.1, -0.05) is 0 Å². The van der Waals surface area contributed by atoms with E-state index in [0.717, 1.165) is 19.6 Å². The van der Waals surface area contributed by atoms with Crippen molar-refractivity contribution in [3.05, 3.63) is 18.0 Å². The Kier molecular flexibility index (Phi) is 3.83. The number of hydrogen-bond donors (Lipinski definition) is 2. The summed E-state index contributed by atoms with van der Waals surface area (Å²) in [5.74, 6) is 5.72. The Morgan fingerprint density at radius 3 is 3.26 bits per heavy atom. The minimum absolute atomic E-state index is 0.144. The molecule has 0 spiro atoms. The molecule has 0 aromatic carbocycles. The van der Waals surface area contributed by atoms with Gasteiger partial charge in [-0.05, 0) is 31.4 Å². The number of nitrogens with two attached hydrogens (primary N) is 1. The monoisotopic (exact) mass is 265 g/mol. The van der Waals surface area contributed by atoms with Gasteiger partial charge in [-0.15, -0.1) is 0 Å². The van der Waals surface area contributed by atoms with Crippen molar-refractivity contribution in [2.75, 3.05) is 19.7 Å². The molecule has 3 N–H and O–H groups in total. The molecular weight excluding hydrogens is 242 g/mol. The van der Waals surface area contributed by atoms with Crippen molar-refractivity contribution in [1.82, 2.24) is 20.1 Å². The summed E-state index contributed by atoms with van der Waals surface area (Å²) in [5.41, 5.74) is 4.11. The Morgan fingerprint density at radius 1 is 1.63 bits per heavy atom. The van der Waals surface area contributed by atoms with Gasteiger partial charge < -0.3 is 4.74 Å². The Bertz CT molecular complexity index is 421. The van der Waals surface area contributed by atoms with Crippen LogP contribution in [0.5, 0.6) is 0 Å². The maximum atomic E-state index is 6.01. The second-order valence-corrected chi connectivity index (χ2v) is 5.66. The van der Waals surface area contributed by atoms with E-state index in [1.54, 1.807) is 0 Å². The van der Waals surface area contributed by atoms with Gasteiger partial charge in [-0.25, -0.2) is 0 Å². The molecule has 6 heteroatoms. The van der Waals surface area contributed by atoms with Gasteiger partial charge in [0.2, 0.25) is 0 Å². The Hall–Kier alpha value is -0.950. The minimum Gasteiger partial charge on any atom is -0.374 e. The van der Waals surface area contributed by atoms with Crippen molar-refractivity contribution in [3.63, 3.8) is 0 Å². The molecule has 2 fully saturated rings. The quantitative estimate of drug-likeness (QED) is 0.576. The first-order valence-electron chi connectivity index (χ1n) is 7.05. The van der Waals surface area contributed by atoms with Crippen molar-refractivity contribution in [1.29, 1.82) is 0 Å². The number of rotatable bonds is 4. The van der Waals surface area contributed by atoms with Crippen LogP contribution in [-0.2, 0) is 18.2 Å². The van der Waals surface area contributed by atoms with Gasteiger partial charge in [0, 0.05) is 25.8 Å². The number of fused-ring (bicyclic) bond motifs is 1. The molecule has 0 aliphatic carbocycles. The van der Waals surface area contributed by atoms with E-state index in [9.17, 15) is 0 Å². The Balaban J connectivity index is 1.62. The molecule has 3 heterocycles. The van der Waals surface area contributed by atoms with Gasteiger partial charge in [0.05, 0.1) is 24.9 Å². The highest BCUT2D eigenvalue weighted by Gasteiger charge is 2.35. The number of ether oxygens (including phenoxy) is 1. The van der Waals surface area contributed by atoms with Crippen LogP contribution in [0, 0.1) is 0 Å². The molecule has 2 aliphatic rings. The van der Waals surface area contributed by atoms with Gasteiger partial charge in [-0.3, -0.25) is 20.9 Å². The number of aromatic nitrogens is 2. The highest BCUT2D eigenvalue weighted by atomic mass is 16.5. The van der Waals surface area contributed by atoms with Crippen molar-refractivity contribution >= 4 is 0 Å². The Labute approximate surface area is 113 Å². The molecule has 3 atom stereocenters. The third-order valence-electron chi connectivity index (χ3n) is 4.29. The van der Waals surface area contributed by atoms with E-state index in [0.29, 0.717) is 6.04 Å². The molecule has 0 saturated carbocycles. The third kappa shape index (κ3) is 2.81. The zero-order valence-electron chi connectivity index (χ0n) is 11.5. The molecule has 106 valence electrons. The van der Waals surface area contributed by atoms with Crippen LogP contribution in [0.3, 0.4) is 0 Å². The second-order valence-electron chi connectivity index (χ2n) is 5.66. The summed E-state index contributed by atoms with van der Waals surface area (Å²) in [7, 11) is 1.93. The second kappa shape index (κ2) is 5.58. The SMILES string of the molecule is Cn1cc(CC(NN)C2CN3CCCC3CO2)cn1. The van der Waals surface area contributed by atoms with Gasteiger partial charge in [0.15, 0.2) is 0 Å². The van der Waals surface area contributed by atoms with Crippen LogP contribution in [0.2, 0.25) is 0 Å². The first kappa shape index (κ1) is 13.1. The van der Waals surface area contributed by atoms with E-state index in [4.69, 9.17) is 10.6 Å². The molecular formula is C13H23N5O. The largest absolute Gasteiger partial charge is 0.374 e. The summed E-state index contributed by atoms with van der Waals surface area (Å²) >= 11 is 0. The zero-order valence-corrected chi connectivity index (χ0v) is 11.5. The lowest BCUT2D eigenvalue weighted by Gasteiger charge is -2.38. The average Bonchev–Trinajstić information content (AvgIpc) is 3.03. The minimum atomic E-state index is 0.144. The van der Waals surface area contributed by atoms with Gasteiger partial charge in [0.1, 0.15) is 0 Å². The summed E-state index contributed by atoms with van der Waals surface area (Å²) in [5, 5.41) is 4.20. The van der Waals surface area contributed by atoms with Crippen molar-refractivity contribution < 1.29 is 4.74 Å². The van der Waals surface area contributed by atoms with Gasteiger partial charge in [-0.2, -0.15) is 5.10 Å². The number of hydrazine groups is 1. The van der Waals surface area contributed by atoms with E-state index in [1.165, 1.54) is 24.9 Å². The molecule has 0 radical (unpaired) electrons. The fourth-order valence-electron chi connectivity index (χ4n) is 3.22. The molecule has 3 unspecified atom stereocenters. The van der Waals surface area contributed by atoms with Crippen LogP contribution >= 0.6 is 0 Å². The zero-order chi connectivity index (χ0) is 13.2. The van der Waals surface area contributed by atoms with Crippen LogP contribution in [0.15, 0.2) is 12.4 Å². The maximum Gasteiger partial charge on any atom is 0.0872 e. The lowest BCUT2D eigenvalue weighted by atomic mass is 10.0. The van der Waals surface area contributed by atoms with Crippen LogP contribution in [0.4, 0.5) is 0 Å². The first-order chi connectivity index (χ1) is 9.26. The van der Waals surface area contributed by atoms with E-state index < -0.39 is 0 Å². The highest BCUT2D eigenvalue weighted by Crippen LogP contribution is 2.24. The number of nitrogens with zero attached hydrogens (tertiary/aromatic N) is 3. The first-order valence-corrected chi connectivity index (χ1v) is 7.05. The summed E-state index contributed by atoms with van der Waals surface area (Å²) in [6.07, 6.45) is 7.52. The lowest BCUT2D eigenvalue weighted by molar-refractivity contribution is -0.0644. The van der Waals surface area contributed by atoms with Gasteiger partial charge >= 0.3 is 0 Å². The molecule has 2 aliphatic heterocycles. The molecule has 6 nitrogen and oxygen atoms in total. The molecule has 0 amide bonds. The van der Waals surface area contributed by atoms with Crippen LogP contribution in [0.25, 0.3) is 0 Å². The number of morpholine rings is 1. The van der Waals surface area contributed by atoms with Crippen LogP contribution < -0.4 is 11.3 Å². The van der Waals surface area contributed by atoms with Crippen molar-refractivity contribution in [2.24, 2.45) is 12.9 Å². The Morgan fingerprint density at radius 2 is 2.53 bits per heavy atom. The molecule has 1 aromatic rings. The standard InChI is InChI=1S/C13H23N5O/c1-17-7-10(6-15-17)5-12(16-14)13-8-18-4-2-3-11(18)9-19-13/h6-7,11-13,16H,2-5,8-9,14H2,1H3. The summed E-state index contributed by atoms with van der Waals surface area (Å²) in [6.45, 7) is 3.03. The average molecular weight is 265 g/mol. The number of hydrogen-bond acceptors (Lipinski definition) is 5. The molecule has 19 heavy (non-hydrogen) atoms. The third-order valence-corrected chi connectivity index (χ3v) is 4.29. The van der Waals surface area contributed by atoms with E-state index >= 15 is 0 Å². The van der Waals surface area contributed by atoms with E-state index in [1.807, 2.05) is 24.1 Å². The van der Waals surface area contributed by atoms with Crippen LogP contribution in [0.1, 0.15) is 18.4 Å². The predicted molar refractivity (Wildman–Crippen MR) is 72.4 cm³/mol. The van der Waals surface area contributed by atoms with Crippen molar-refractivity contribution in [3.8, 4) is 0 Å². The fourth-order valence-corrected chi connectivity index (χ4v) is 3.22. The fraction of sp³-hybridized carbons (Fsp3) is 0.769. The predicted octanol–water partition coefficient (Wildman–Crippen LogP) is -0.342. The number of nitrogens with one attached hydrogen (secondary N) is 1. The summed E-state index contributed by atoms with van der Waals surface area (Å²) < 4.78 is 7.83. The maximum absolute atomic E-state index is 6.01. The highest BCUT2D eigenvalue weighted by molar-refractivity contribution is 5.07. The smallest absolute Gasteiger partial charge is 0.0872 e. The van der Waals surface area contributed by atoms with Crippen molar-refractivity contribution in [2.45, 2.75) is 37.5 Å². The van der Waals surface area contributed by atoms with Crippen LogP contribution in [-0.4, -0.2) is 52.6 Å². The lowest BCUT2D eigenvalue weighted by Crippen LogP contribution is -2.56. The number of aryl methyl sites for hydroxylation is 1. The molecule has 0 bridgehead atoms. The van der Waals surface area contributed by atoms with Gasteiger partial charge in [0.25, 0.3) is 0 Å². The summed E-state index contributed by atoms with van der Waals surface area (Å²) in [4.78, 5) is 2.54.